The van der Waals surface area contributed by atoms with E-state index in [1.165, 1.54) is 28.3 Å². The smallest absolute Gasteiger partial charge is 0.270 e. The summed E-state index contributed by atoms with van der Waals surface area (Å²) in [5.41, 5.74) is 6.31. The second-order valence-corrected chi connectivity index (χ2v) is 5.30. The van der Waals surface area contributed by atoms with Gasteiger partial charge in [-0.05, 0) is 13.8 Å². The van der Waals surface area contributed by atoms with Crippen LogP contribution in [0.1, 0.15) is 17.6 Å². The van der Waals surface area contributed by atoms with Gasteiger partial charge >= 0.3 is 0 Å². The number of nitrogens with two attached hydrogens (primary N) is 1. The van der Waals surface area contributed by atoms with Gasteiger partial charge in [0.2, 0.25) is 0 Å². The maximum Gasteiger partial charge on any atom is 0.270 e. The van der Waals surface area contributed by atoms with Crippen molar-refractivity contribution in [2.75, 3.05) is 6.61 Å². The molecule has 2 aromatic rings. The molecule has 1 unspecified atom stereocenters. The molecule has 6 nitrogen and oxygen atoms in total. The summed E-state index contributed by atoms with van der Waals surface area (Å²) in [7, 11) is 0. The van der Waals surface area contributed by atoms with E-state index in [-0.39, 0.29) is 11.6 Å². The third-order valence-corrected chi connectivity index (χ3v) is 3.26. The van der Waals surface area contributed by atoms with Gasteiger partial charge in [0.05, 0.1) is 12.7 Å². The maximum atomic E-state index is 11.9. The van der Waals surface area contributed by atoms with Crippen LogP contribution in [-0.2, 0) is 6.54 Å². The first kappa shape index (κ1) is 13.7. The van der Waals surface area contributed by atoms with Crippen LogP contribution in [-0.4, -0.2) is 27.4 Å². The topological polar surface area (TPSA) is 83.0 Å². The Labute approximate surface area is 114 Å². The van der Waals surface area contributed by atoms with E-state index < -0.39 is 0 Å². The van der Waals surface area contributed by atoms with Crippen LogP contribution in [0.15, 0.2) is 22.4 Å². The van der Waals surface area contributed by atoms with Gasteiger partial charge in [-0.1, -0.05) is 0 Å². The molecular formula is C12H16N4O2S. The van der Waals surface area contributed by atoms with Crippen molar-refractivity contribution in [3.05, 3.63) is 38.7 Å². The Bertz CT molecular complexity index is 606. The van der Waals surface area contributed by atoms with Gasteiger partial charge in [-0.25, -0.2) is 9.67 Å². The van der Waals surface area contributed by atoms with Gasteiger partial charge < -0.3 is 10.5 Å². The lowest BCUT2D eigenvalue weighted by atomic mass is 10.4. The summed E-state index contributed by atoms with van der Waals surface area (Å²) in [6.45, 7) is 4.49. The number of thiazole rings is 1. The van der Waals surface area contributed by atoms with Crippen molar-refractivity contribution in [1.82, 2.24) is 14.8 Å². The lowest BCUT2D eigenvalue weighted by molar-refractivity contribution is 0.293. The molecule has 1 atom stereocenters. The SMILES string of the molecule is Cc1csc(Cn2ncc(OCC(C)N)cc2=O)n1. The zero-order valence-electron chi connectivity index (χ0n) is 10.9. The molecule has 0 aromatic carbocycles. The normalized spacial score (nSPS) is 12.4. The van der Waals surface area contributed by atoms with Crippen LogP contribution >= 0.6 is 11.3 Å². The molecule has 0 aliphatic heterocycles. The predicted molar refractivity (Wildman–Crippen MR) is 73.6 cm³/mol. The van der Waals surface area contributed by atoms with E-state index in [0.29, 0.717) is 18.9 Å². The standard InChI is InChI=1S/C12H16N4O2S/c1-8(13)6-18-10-3-12(17)16(14-4-10)5-11-15-9(2)7-19-11/h3-4,7-8H,5-6,13H2,1-2H3. The van der Waals surface area contributed by atoms with Crippen molar-refractivity contribution in [3.8, 4) is 5.75 Å². The molecule has 7 heteroatoms. The van der Waals surface area contributed by atoms with Crippen LogP contribution in [0.25, 0.3) is 0 Å². The van der Waals surface area contributed by atoms with E-state index in [0.717, 1.165) is 10.7 Å². The first-order valence-corrected chi connectivity index (χ1v) is 6.79. The van der Waals surface area contributed by atoms with E-state index in [4.69, 9.17) is 10.5 Å². The highest BCUT2D eigenvalue weighted by Crippen LogP contribution is 2.10. The lowest BCUT2D eigenvalue weighted by Gasteiger charge is -2.08. The van der Waals surface area contributed by atoms with Crippen LogP contribution in [0.2, 0.25) is 0 Å². The molecule has 2 rings (SSSR count). The molecule has 19 heavy (non-hydrogen) atoms. The average Bonchev–Trinajstić information content (AvgIpc) is 2.75. The molecule has 2 aromatic heterocycles. The fraction of sp³-hybridized carbons (Fsp3) is 0.417. The predicted octanol–water partition coefficient (Wildman–Crippen LogP) is 0.783. The average molecular weight is 280 g/mol. The highest BCUT2D eigenvalue weighted by Gasteiger charge is 2.05. The van der Waals surface area contributed by atoms with Crippen molar-refractivity contribution >= 4 is 11.3 Å². The van der Waals surface area contributed by atoms with E-state index >= 15 is 0 Å². The summed E-state index contributed by atoms with van der Waals surface area (Å²) in [5, 5.41) is 6.87. The molecule has 0 amide bonds. The van der Waals surface area contributed by atoms with Crippen LogP contribution in [0.5, 0.6) is 5.75 Å². The minimum atomic E-state index is -0.213. The summed E-state index contributed by atoms with van der Waals surface area (Å²) in [6.07, 6.45) is 1.52. The summed E-state index contributed by atoms with van der Waals surface area (Å²) in [5.74, 6) is 0.439. The van der Waals surface area contributed by atoms with Crippen molar-refractivity contribution in [2.24, 2.45) is 5.73 Å². The molecule has 0 aliphatic rings. The molecule has 0 radical (unpaired) electrons. The Morgan fingerprint density at radius 3 is 2.95 bits per heavy atom. The molecule has 0 spiro atoms. The quantitative estimate of drug-likeness (QED) is 0.875. The number of ether oxygens (including phenoxy) is 1. The van der Waals surface area contributed by atoms with Crippen LogP contribution < -0.4 is 16.0 Å². The Morgan fingerprint density at radius 2 is 2.37 bits per heavy atom. The van der Waals surface area contributed by atoms with Gasteiger partial charge in [-0.2, -0.15) is 5.10 Å². The van der Waals surface area contributed by atoms with Gasteiger partial charge in [-0.3, -0.25) is 4.79 Å². The molecule has 0 fully saturated rings. The van der Waals surface area contributed by atoms with Gasteiger partial charge in [0.15, 0.2) is 0 Å². The number of hydrogen-bond acceptors (Lipinski definition) is 6. The summed E-state index contributed by atoms with van der Waals surface area (Å²) < 4.78 is 6.70. The third-order valence-electron chi connectivity index (χ3n) is 2.31. The zero-order chi connectivity index (χ0) is 13.8. The van der Waals surface area contributed by atoms with E-state index in [2.05, 4.69) is 10.1 Å². The van der Waals surface area contributed by atoms with E-state index in [9.17, 15) is 4.79 Å². The highest BCUT2D eigenvalue weighted by molar-refractivity contribution is 7.09. The Kier molecular flexibility index (Phi) is 4.28. The molecule has 2 N–H and O–H groups in total. The van der Waals surface area contributed by atoms with Gasteiger partial charge in [0.25, 0.3) is 5.56 Å². The summed E-state index contributed by atoms with van der Waals surface area (Å²) in [4.78, 5) is 16.2. The molecular weight excluding hydrogens is 264 g/mol. The highest BCUT2D eigenvalue weighted by atomic mass is 32.1. The second-order valence-electron chi connectivity index (χ2n) is 4.36. The fourth-order valence-corrected chi connectivity index (χ4v) is 2.20. The van der Waals surface area contributed by atoms with Crippen molar-refractivity contribution in [3.63, 3.8) is 0 Å². The lowest BCUT2D eigenvalue weighted by Crippen LogP contribution is -2.26. The van der Waals surface area contributed by atoms with Gasteiger partial charge in [0, 0.05) is 23.2 Å². The second kappa shape index (κ2) is 5.94. The number of aryl methyl sites for hydroxylation is 1. The number of rotatable bonds is 5. The minimum absolute atomic E-state index is 0.0827. The fourth-order valence-electron chi connectivity index (χ4n) is 1.45. The third kappa shape index (κ3) is 3.87. The van der Waals surface area contributed by atoms with E-state index in [1.54, 1.807) is 0 Å². The van der Waals surface area contributed by atoms with Crippen LogP contribution in [0, 0.1) is 6.92 Å². The van der Waals surface area contributed by atoms with Crippen molar-refractivity contribution in [2.45, 2.75) is 26.4 Å². The van der Waals surface area contributed by atoms with Crippen molar-refractivity contribution in [1.29, 1.82) is 0 Å². The number of aromatic nitrogens is 3. The molecule has 0 saturated carbocycles. The molecule has 0 bridgehead atoms. The maximum absolute atomic E-state index is 11.9. The van der Waals surface area contributed by atoms with Gasteiger partial charge in [-0.15, -0.1) is 11.3 Å². The van der Waals surface area contributed by atoms with Crippen molar-refractivity contribution < 1.29 is 4.74 Å². The Hall–Kier alpha value is -1.73. The zero-order valence-corrected chi connectivity index (χ0v) is 11.7. The molecule has 0 aliphatic carbocycles. The summed E-state index contributed by atoms with van der Waals surface area (Å²) in [6, 6.07) is 1.33. The number of nitrogens with zero attached hydrogens (tertiary/aromatic N) is 3. The summed E-state index contributed by atoms with van der Waals surface area (Å²) >= 11 is 1.51. The number of hydrogen-bond donors (Lipinski definition) is 1. The van der Waals surface area contributed by atoms with Crippen LogP contribution in [0.4, 0.5) is 0 Å². The molecule has 2 heterocycles. The molecule has 0 saturated heterocycles. The monoisotopic (exact) mass is 280 g/mol. The van der Waals surface area contributed by atoms with Gasteiger partial charge in [0.1, 0.15) is 17.4 Å². The first-order chi connectivity index (χ1) is 9.04. The minimum Gasteiger partial charge on any atom is -0.490 e. The Balaban J connectivity index is 2.09. The van der Waals surface area contributed by atoms with E-state index in [1.807, 2.05) is 19.2 Å². The molecule has 102 valence electrons. The van der Waals surface area contributed by atoms with Crippen LogP contribution in [0.3, 0.4) is 0 Å². The Morgan fingerprint density at radius 1 is 1.58 bits per heavy atom. The largest absolute Gasteiger partial charge is 0.490 e. The first-order valence-electron chi connectivity index (χ1n) is 5.91.